The monoisotopic (exact) mass is 275 g/mol. The molecule has 6 heteroatoms. The van der Waals surface area contributed by atoms with E-state index in [1.807, 2.05) is 14.1 Å². The summed E-state index contributed by atoms with van der Waals surface area (Å²) in [5, 5.41) is 2.93. The smallest absolute Gasteiger partial charge is 0.229 e. The number of nitrogens with two attached hydrogens (primary N) is 1. The zero-order valence-electron chi connectivity index (χ0n) is 11.6. The topological polar surface area (TPSA) is 67.1 Å². The van der Waals surface area contributed by atoms with Crippen LogP contribution in [0.15, 0.2) is 30.5 Å². The van der Waals surface area contributed by atoms with E-state index < -0.39 is 0 Å². The van der Waals surface area contributed by atoms with Crippen LogP contribution in [0.2, 0.25) is 0 Å². The molecule has 0 amide bonds. The number of rotatable bonds is 5. The van der Waals surface area contributed by atoms with Crippen molar-refractivity contribution in [3.63, 3.8) is 0 Å². The number of nitrogens with one attached hydrogen (secondary N) is 1. The van der Waals surface area contributed by atoms with Gasteiger partial charge in [-0.15, -0.1) is 0 Å². The highest BCUT2D eigenvalue weighted by Crippen LogP contribution is 2.16. The van der Waals surface area contributed by atoms with Gasteiger partial charge >= 0.3 is 0 Å². The molecule has 1 aromatic heterocycles. The zero-order chi connectivity index (χ0) is 14.5. The highest BCUT2D eigenvalue weighted by molar-refractivity contribution is 5.55. The molecule has 2 rings (SSSR count). The van der Waals surface area contributed by atoms with Crippen molar-refractivity contribution in [2.45, 2.75) is 6.42 Å². The van der Waals surface area contributed by atoms with Crippen LogP contribution in [0.4, 0.5) is 21.8 Å². The average Bonchev–Trinajstić information content (AvgIpc) is 2.37. The van der Waals surface area contributed by atoms with Gasteiger partial charge in [-0.05, 0) is 38.7 Å². The molecule has 0 radical (unpaired) electrons. The van der Waals surface area contributed by atoms with Crippen molar-refractivity contribution in [2.24, 2.45) is 0 Å². The molecule has 0 spiro atoms. The van der Waals surface area contributed by atoms with Gasteiger partial charge in [-0.3, -0.25) is 0 Å². The molecule has 2 aromatic rings. The highest BCUT2D eigenvalue weighted by atomic mass is 19.1. The van der Waals surface area contributed by atoms with Crippen LogP contribution in [0.1, 0.15) is 5.56 Å². The van der Waals surface area contributed by atoms with E-state index in [0.717, 1.165) is 18.5 Å². The first kappa shape index (κ1) is 14.2. The van der Waals surface area contributed by atoms with Gasteiger partial charge in [0.1, 0.15) is 11.6 Å². The van der Waals surface area contributed by atoms with E-state index in [9.17, 15) is 4.39 Å². The van der Waals surface area contributed by atoms with E-state index in [4.69, 9.17) is 5.73 Å². The quantitative estimate of drug-likeness (QED) is 0.874. The number of aromatic nitrogens is 2. The van der Waals surface area contributed by atoms with Gasteiger partial charge in [-0.2, -0.15) is 4.98 Å². The molecule has 0 aliphatic rings. The Bertz CT molecular complexity index is 586. The maximum atomic E-state index is 13.1. The van der Waals surface area contributed by atoms with E-state index >= 15 is 0 Å². The van der Waals surface area contributed by atoms with E-state index in [2.05, 4.69) is 20.2 Å². The van der Waals surface area contributed by atoms with Crippen molar-refractivity contribution >= 4 is 17.5 Å². The summed E-state index contributed by atoms with van der Waals surface area (Å²) in [4.78, 5) is 10.5. The second-order valence-electron chi connectivity index (χ2n) is 4.79. The Kier molecular flexibility index (Phi) is 4.47. The predicted octanol–water partition coefficient (Wildman–Crippen LogP) is 2.05. The molecule has 106 valence electrons. The third-order valence-electron chi connectivity index (χ3n) is 2.81. The Labute approximate surface area is 117 Å². The zero-order valence-corrected chi connectivity index (χ0v) is 11.6. The number of anilines is 3. The van der Waals surface area contributed by atoms with Crippen LogP contribution >= 0.6 is 0 Å². The summed E-state index contributed by atoms with van der Waals surface area (Å²) >= 11 is 0. The molecule has 20 heavy (non-hydrogen) atoms. The second-order valence-corrected chi connectivity index (χ2v) is 4.79. The summed E-state index contributed by atoms with van der Waals surface area (Å²) in [6, 6.07) is 6.11. The molecule has 3 N–H and O–H groups in total. The van der Waals surface area contributed by atoms with Crippen LogP contribution in [0.3, 0.4) is 0 Å². The molecule has 0 aliphatic heterocycles. The van der Waals surface area contributed by atoms with Crippen molar-refractivity contribution in [2.75, 3.05) is 31.7 Å². The maximum Gasteiger partial charge on any atom is 0.229 e. The molecule has 0 unspecified atom stereocenters. The van der Waals surface area contributed by atoms with Crippen LogP contribution in [0.25, 0.3) is 0 Å². The normalized spacial score (nSPS) is 10.8. The van der Waals surface area contributed by atoms with Crippen molar-refractivity contribution < 1.29 is 4.39 Å². The van der Waals surface area contributed by atoms with Crippen LogP contribution in [0, 0.1) is 5.82 Å². The lowest BCUT2D eigenvalue weighted by Gasteiger charge is -2.11. The molecule has 0 saturated heterocycles. The Hall–Kier alpha value is -2.21. The minimum atomic E-state index is -0.314. The van der Waals surface area contributed by atoms with Gasteiger partial charge in [0.15, 0.2) is 0 Å². The molecule has 0 bridgehead atoms. The van der Waals surface area contributed by atoms with Crippen LogP contribution in [-0.2, 0) is 6.42 Å². The first-order valence-corrected chi connectivity index (χ1v) is 6.33. The Balaban J connectivity index is 2.09. The predicted molar refractivity (Wildman–Crippen MR) is 78.4 cm³/mol. The van der Waals surface area contributed by atoms with Crippen molar-refractivity contribution in [3.8, 4) is 0 Å². The summed E-state index contributed by atoms with van der Waals surface area (Å²) in [5.41, 5.74) is 7.40. The minimum absolute atomic E-state index is 0.314. The number of hydrogen-bond acceptors (Lipinski definition) is 5. The molecule has 0 saturated carbocycles. The molecule has 1 aromatic carbocycles. The Morgan fingerprint density at radius 1 is 1.35 bits per heavy atom. The van der Waals surface area contributed by atoms with Gasteiger partial charge in [0.25, 0.3) is 0 Å². The van der Waals surface area contributed by atoms with Crippen molar-refractivity contribution in [1.82, 2.24) is 14.9 Å². The summed E-state index contributed by atoms with van der Waals surface area (Å²) in [7, 11) is 3.99. The molecule has 0 aliphatic carbocycles. The fourth-order valence-electron chi connectivity index (χ4n) is 1.71. The number of halogens is 1. The van der Waals surface area contributed by atoms with E-state index in [-0.39, 0.29) is 5.82 Å². The fraction of sp³-hybridized carbons (Fsp3) is 0.286. The third-order valence-corrected chi connectivity index (χ3v) is 2.81. The average molecular weight is 275 g/mol. The SMILES string of the molecule is CN(C)CCc1cnc(Nc2cccc(F)c2)nc1N. The first-order chi connectivity index (χ1) is 9.54. The number of nitrogens with zero attached hydrogens (tertiary/aromatic N) is 3. The lowest BCUT2D eigenvalue weighted by molar-refractivity contribution is 0.413. The number of benzene rings is 1. The summed E-state index contributed by atoms with van der Waals surface area (Å²) in [6.07, 6.45) is 2.49. The Morgan fingerprint density at radius 3 is 2.80 bits per heavy atom. The number of nitrogen functional groups attached to an aromatic ring is 1. The second kappa shape index (κ2) is 6.29. The van der Waals surface area contributed by atoms with Crippen molar-refractivity contribution in [1.29, 1.82) is 0 Å². The van der Waals surface area contributed by atoms with Crippen LogP contribution < -0.4 is 11.1 Å². The number of likely N-dealkylation sites (N-methyl/N-ethyl adjacent to an activating group) is 1. The van der Waals surface area contributed by atoms with Crippen LogP contribution in [0.5, 0.6) is 0 Å². The third kappa shape index (κ3) is 3.89. The Morgan fingerprint density at radius 2 is 2.15 bits per heavy atom. The highest BCUT2D eigenvalue weighted by Gasteiger charge is 2.05. The van der Waals surface area contributed by atoms with Gasteiger partial charge in [0.2, 0.25) is 5.95 Å². The molecular formula is C14H18FN5. The standard InChI is InChI=1S/C14H18FN5/c1-20(2)7-6-10-9-17-14(19-13(10)16)18-12-5-3-4-11(15)8-12/h3-5,8-9H,6-7H2,1-2H3,(H3,16,17,18,19). The van der Waals surface area contributed by atoms with Gasteiger partial charge in [0.05, 0.1) is 0 Å². The lowest BCUT2D eigenvalue weighted by Crippen LogP contribution is -2.16. The lowest BCUT2D eigenvalue weighted by atomic mass is 10.2. The molecule has 0 atom stereocenters. The van der Waals surface area contributed by atoms with Gasteiger partial charge in [-0.25, -0.2) is 9.37 Å². The molecular weight excluding hydrogens is 257 g/mol. The molecule has 0 fully saturated rings. The molecule has 5 nitrogen and oxygen atoms in total. The molecule has 1 heterocycles. The van der Waals surface area contributed by atoms with E-state index in [1.54, 1.807) is 18.3 Å². The van der Waals surface area contributed by atoms with Gasteiger partial charge < -0.3 is 16.0 Å². The summed E-state index contributed by atoms with van der Waals surface area (Å²) in [5.74, 6) is 0.494. The minimum Gasteiger partial charge on any atom is -0.383 e. The van der Waals surface area contributed by atoms with Crippen molar-refractivity contribution in [3.05, 3.63) is 41.8 Å². The van der Waals surface area contributed by atoms with E-state index in [0.29, 0.717) is 17.5 Å². The fourth-order valence-corrected chi connectivity index (χ4v) is 1.71. The van der Waals surface area contributed by atoms with Crippen LogP contribution in [-0.4, -0.2) is 35.5 Å². The number of hydrogen-bond donors (Lipinski definition) is 2. The first-order valence-electron chi connectivity index (χ1n) is 6.33. The van der Waals surface area contributed by atoms with Gasteiger partial charge in [0, 0.05) is 24.0 Å². The largest absolute Gasteiger partial charge is 0.383 e. The van der Waals surface area contributed by atoms with E-state index in [1.165, 1.54) is 12.1 Å². The summed E-state index contributed by atoms with van der Waals surface area (Å²) in [6.45, 7) is 0.879. The van der Waals surface area contributed by atoms with Gasteiger partial charge in [-0.1, -0.05) is 6.07 Å². The maximum absolute atomic E-state index is 13.1. The summed E-state index contributed by atoms with van der Waals surface area (Å²) < 4.78 is 13.1.